The van der Waals surface area contributed by atoms with E-state index in [4.69, 9.17) is 0 Å². The van der Waals surface area contributed by atoms with Gasteiger partial charge in [-0.15, -0.1) is 0 Å². The van der Waals surface area contributed by atoms with Gasteiger partial charge in [0.15, 0.2) is 0 Å². The van der Waals surface area contributed by atoms with Crippen molar-refractivity contribution < 1.29 is 4.39 Å². The lowest BCUT2D eigenvalue weighted by molar-refractivity contribution is 0.358. The van der Waals surface area contributed by atoms with E-state index in [-0.39, 0.29) is 5.82 Å². The van der Waals surface area contributed by atoms with Gasteiger partial charge in [0.2, 0.25) is 0 Å². The van der Waals surface area contributed by atoms with Gasteiger partial charge in [-0.05, 0) is 54.3 Å². The van der Waals surface area contributed by atoms with E-state index in [1.165, 1.54) is 22.3 Å². The van der Waals surface area contributed by atoms with E-state index >= 15 is 0 Å². The summed E-state index contributed by atoms with van der Waals surface area (Å²) in [6.45, 7) is 2.17. The summed E-state index contributed by atoms with van der Waals surface area (Å²) < 4.78 is 13.1. The minimum Gasteiger partial charge on any atom is -0.302 e. The predicted octanol–water partition coefficient (Wildman–Crippen LogP) is 2.47. The Bertz CT molecular complexity index is 448. The summed E-state index contributed by atoms with van der Waals surface area (Å²) in [7, 11) is 2.15. The summed E-state index contributed by atoms with van der Waals surface area (Å²) in [4.78, 5) is 2.33. The summed E-state index contributed by atoms with van der Waals surface area (Å²) in [5, 5.41) is 0. The van der Waals surface area contributed by atoms with Crippen LogP contribution in [0.15, 0.2) is 23.8 Å². The first-order valence-corrected chi connectivity index (χ1v) is 5.42. The smallest absolute Gasteiger partial charge is 0.123 e. The van der Waals surface area contributed by atoms with E-state index in [2.05, 4.69) is 11.9 Å². The van der Waals surface area contributed by atoms with Gasteiger partial charge >= 0.3 is 0 Å². The molecule has 2 heteroatoms. The molecular weight excluding hydrogens is 189 g/mol. The highest BCUT2D eigenvalue weighted by molar-refractivity contribution is 5.77. The fourth-order valence-electron chi connectivity index (χ4n) is 2.70. The van der Waals surface area contributed by atoms with Crippen LogP contribution in [0.4, 0.5) is 4.39 Å². The topological polar surface area (TPSA) is 3.24 Å². The van der Waals surface area contributed by atoms with Crippen molar-refractivity contribution in [3.63, 3.8) is 0 Å². The third kappa shape index (κ3) is 1.40. The first-order valence-electron chi connectivity index (χ1n) is 5.42. The van der Waals surface area contributed by atoms with Gasteiger partial charge in [-0.1, -0.05) is 6.07 Å². The lowest BCUT2D eigenvalue weighted by Gasteiger charge is -2.24. The average molecular weight is 203 g/mol. The van der Waals surface area contributed by atoms with Crippen molar-refractivity contribution in [3.8, 4) is 0 Å². The Morgan fingerprint density at radius 1 is 1.33 bits per heavy atom. The van der Waals surface area contributed by atoms with Gasteiger partial charge in [0.1, 0.15) is 5.82 Å². The van der Waals surface area contributed by atoms with Gasteiger partial charge < -0.3 is 4.90 Å². The number of hydrogen-bond acceptors (Lipinski definition) is 1. The third-order valence-corrected chi connectivity index (χ3v) is 3.43. The molecule has 0 radical (unpaired) electrons. The van der Waals surface area contributed by atoms with Gasteiger partial charge in [0, 0.05) is 13.1 Å². The van der Waals surface area contributed by atoms with Crippen molar-refractivity contribution in [1.29, 1.82) is 0 Å². The average Bonchev–Trinajstić information content (AvgIpc) is 2.53. The van der Waals surface area contributed by atoms with Crippen LogP contribution >= 0.6 is 0 Å². The maximum Gasteiger partial charge on any atom is 0.123 e. The molecule has 0 atom stereocenters. The molecule has 0 spiro atoms. The van der Waals surface area contributed by atoms with Crippen molar-refractivity contribution in [2.45, 2.75) is 12.8 Å². The molecule has 3 rings (SSSR count). The monoisotopic (exact) mass is 203 g/mol. The van der Waals surface area contributed by atoms with Crippen molar-refractivity contribution in [2.24, 2.45) is 0 Å². The Hall–Kier alpha value is -1.15. The Labute approximate surface area is 89.2 Å². The van der Waals surface area contributed by atoms with Crippen LogP contribution in [-0.2, 0) is 6.42 Å². The summed E-state index contributed by atoms with van der Waals surface area (Å²) in [5.74, 6) is -0.109. The Balaban J connectivity index is 2.04. The highest BCUT2D eigenvalue weighted by atomic mass is 19.1. The van der Waals surface area contributed by atoms with E-state index in [0.29, 0.717) is 0 Å². The standard InChI is InChI=1S/C13H14FN/c1-15-5-4-13-10(8-15)6-9-7-11(14)2-3-12(9)13/h2-3,7H,4-6,8H2,1H3. The molecule has 1 aliphatic carbocycles. The highest BCUT2D eigenvalue weighted by Crippen LogP contribution is 2.37. The van der Waals surface area contributed by atoms with Gasteiger partial charge in [-0.25, -0.2) is 4.39 Å². The van der Waals surface area contributed by atoms with Crippen LogP contribution in [0.5, 0.6) is 0 Å². The van der Waals surface area contributed by atoms with Gasteiger partial charge in [0.25, 0.3) is 0 Å². The molecule has 0 unspecified atom stereocenters. The number of benzene rings is 1. The minimum atomic E-state index is -0.109. The van der Waals surface area contributed by atoms with Crippen molar-refractivity contribution in [1.82, 2.24) is 4.90 Å². The first kappa shape index (κ1) is 9.10. The van der Waals surface area contributed by atoms with Crippen LogP contribution in [0.2, 0.25) is 0 Å². The molecule has 0 aromatic heterocycles. The van der Waals surface area contributed by atoms with E-state index in [1.54, 1.807) is 12.1 Å². The Morgan fingerprint density at radius 2 is 2.20 bits per heavy atom. The molecule has 0 saturated carbocycles. The molecule has 1 aliphatic heterocycles. The Kier molecular flexibility index (Phi) is 1.93. The SMILES string of the molecule is CN1CCC2=C(Cc3cc(F)ccc32)C1. The normalized spacial score (nSPS) is 20.4. The van der Waals surface area contributed by atoms with Gasteiger partial charge in [-0.3, -0.25) is 0 Å². The second-order valence-electron chi connectivity index (χ2n) is 4.55. The number of rotatable bonds is 0. The van der Waals surface area contributed by atoms with E-state index in [0.717, 1.165) is 25.9 Å². The van der Waals surface area contributed by atoms with Gasteiger partial charge in [0.05, 0.1) is 0 Å². The van der Waals surface area contributed by atoms with Crippen LogP contribution in [-0.4, -0.2) is 25.0 Å². The minimum absolute atomic E-state index is 0.109. The van der Waals surface area contributed by atoms with E-state index in [1.807, 2.05) is 6.07 Å². The number of fused-ring (bicyclic) bond motifs is 2. The van der Waals surface area contributed by atoms with Crippen LogP contribution in [0, 0.1) is 5.82 Å². The summed E-state index contributed by atoms with van der Waals surface area (Å²) in [6, 6.07) is 5.21. The summed E-state index contributed by atoms with van der Waals surface area (Å²) in [5.41, 5.74) is 5.43. The summed E-state index contributed by atoms with van der Waals surface area (Å²) in [6.07, 6.45) is 2.07. The molecule has 0 N–H and O–H groups in total. The first-order chi connectivity index (χ1) is 7.24. The quantitative estimate of drug-likeness (QED) is 0.626. The molecule has 1 aromatic rings. The zero-order valence-electron chi connectivity index (χ0n) is 8.89. The van der Waals surface area contributed by atoms with Crippen molar-refractivity contribution >= 4 is 5.57 Å². The molecule has 0 saturated heterocycles. The molecule has 2 aliphatic rings. The number of hydrogen-bond donors (Lipinski definition) is 0. The maximum absolute atomic E-state index is 13.1. The second-order valence-corrected chi connectivity index (χ2v) is 4.55. The van der Waals surface area contributed by atoms with Crippen LogP contribution < -0.4 is 0 Å². The molecule has 0 amide bonds. The molecule has 0 bridgehead atoms. The molecule has 78 valence electrons. The van der Waals surface area contributed by atoms with Crippen LogP contribution in [0.3, 0.4) is 0 Å². The molecule has 1 aromatic carbocycles. The Morgan fingerprint density at radius 3 is 3.07 bits per heavy atom. The molecule has 1 nitrogen and oxygen atoms in total. The van der Waals surface area contributed by atoms with Crippen LogP contribution in [0.25, 0.3) is 5.57 Å². The molecule has 1 heterocycles. The van der Waals surface area contributed by atoms with E-state index in [9.17, 15) is 4.39 Å². The maximum atomic E-state index is 13.1. The lowest BCUT2D eigenvalue weighted by Crippen LogP contribution is -2.26. The predicted molar refractivity (Wildman–Crippen MR) is 59.1 cm³/mol. The number of halogens is 1. The number of likely N-dealkylation sites (N-methyl/N-ethyl adjacent to an activating group) is 1. The summed E-state index contributed by atoms with van der Waals surface area (Å²) >= 11 is 0. The zero-order valence-corrected chi connectivity index (χ0v) is 8.89. The molecule has 15 heavy (non-hydrogen) atoms. The molecular formula is C13H14FN. The fourth-order valence-corrected chi connectivity index (χ4v) is 2.70. The lowest BCUT2D eigenvalue weighted by atomic mass is 9.99. The zero-order chi connectivity index (χ0) is 10.4. The third-order valence-electron chi connectivity index (χ3n) is 3.43. The molecule has 0 fully saturated rings. The number of nitrogens with zero attached hydrogens (tertiary/aromatic N) is 1. The van der Waals surface area contributed by atoms with Crippen LogP contribution in [0.1, 0.15) is 17.5 Å². The van der Waals surface area contributed by atoms with Gasteiger partial charge in [-0.2, -0.15) is 0 Å². The second kappa shape index (κ2) is 3.17. The van der Waals surface area contributed by atoms with E-state index < -0.39 is 0 Å². The largest absolute Gasteiger partial charge is 0.302 e. The highest BCUT2D eigenvalue weighted by Gasteiger charge is 2.25. The van der Waals surface area contributed by atoms with Crippen molar-refractivity contribution in [2.75, 3.05) is 20.1 Å². The van der Waals surface area contributed by atoms with Crippen molar-refractivity contribution in [3.05, 3.63) is 40.7 Å². The fraction of sp³-hybridized carbons (Fsp3) is 0.385.